The SMILES string of the molecule is Cc1ccc(-n2c(=O)c3c(O)c(Cc4ccccc4)c(=O)n(C)c3n(-c3ccc(C)cc3)c2=O)cc1. The van der Waals surface area contributed by atoms with Gasteiger partial charge in [-0.1, -0.05) is 65.7 Å². The van der Waals surface area contributed by atoms with Gasteiger partial charge >= 0.3 is 5.69 Å². The molecule has 0 atom stereocenters. The second kappa shape index (κ2) is 8.85. The summed E-state index contributed by atoms with van der Waals surface area (Å²) in [6, 6.07) is 23.4. The first-order chi connectivity index (χ1) is 17.3. The summed E-state index contributed by atoms with van der Waals surface area (Å²) in [7, 11) is 1.51. The number of rotatable bonds is 4. The molecule has 0 aliphatic carbocycles. The second-order valence-corrected chi connectivity index (χ2v) is 8.98. The molecule has 0 saturated carbocycles. The highest BCUT2D eigenvalue weighted by Crippen LogP contribution is 2.26. The van der Waals surface area contributed by atoms with E-state index in [-0.39, 0.29) is 23.0 Å². The number of hydrogen-bond donors (Lipinski definition) is 1. The Bertz CT molecular complexity index is 1780. The molecular weight excluding hydrogens is 454 g/mol. The summed E-state index contributed by atoms with van der Waals surface area (Å²) < 4.78 is 3.62. The molecule has 2 aromatic heterocycles. The molecule has 2 heterocycles. The van der Waals surface area contributed by atoms with Crippen LogP contribution in [0, 0.1) is 13.8 Å². The van der Waals surface area contributed by atoms with E-state index in [1.807, 2.05) is 68.4 Å². The molecule has 0 amide bonds. The van der Waals surface area contributed by atoms with E-state index in [9.17, 15) is 19.5 Å². The van der Waals surface area contributed by atoms with E-state index < -0.39 is 22.6 Å². The zero-order valence-corrected chi connectivity index (χ0v) is 20.2. The van der Waals surface area contributed by atoms with E-state index in [1.54, 1.807) is 24.3 Å². The highest BCUT2D eigenvalue weighted by atomic mass is 16.3. The molecule has 3 aromatic carbocycles. The quantitative estimate of drug-likeness (QED) is 0.425. The lowest BCUT2D eigenvalue weighted by atomic mass is 10.0. The molecule has 1 N–H and O–H groups in total. The molecule has 0 aliphatic rings. The summed E-state index contributed by atoms with van der Waals surface area (Å²) in [6.07, 6.45) is 0.142. The van der Waals surface area contributed by atoms with Crippen LogP contribution >= 0.6 is 0 Å². The lowest BCUT2D eigenvalue weighted by Crippen LogP contribution is -2.41. The van der Waals surface area contributed by atoms with Gasteiger partial charge in [0.25, 0.3) is 11.1 Å². The van der Waals surface area contributed by atoms with Gasteiger partial charge in [-0.05, 0) is 43.7 Å². The number of fused-ring (bicyclic) bond motifs is 1. The van der Waals surface area contributed by atoms with Gasteiger partial charge in [-0.2, -0.15) is 0 Å². The molecule has 5 rings (SSSR count). The third-order valence-corrected chi connectivity index (χ3v) is 6.45. The topological polar surface area (TPSA) is 86.2 Å². The number of aromatic nitrogens is 3. The molecule has 0 fully saturated rings. The smallest absolute Gasteiger partial charge is 0.341 e. The van der Waals surface area contributed by atoms with Crippen molar-refractivity contribution in [3.8, 4) is 17.1 Å². The highest BCUT2D eigenvalue weighted by molar-refractivity contribution is 5.84. The van der Waals surface area contributed by atoms with Crippen LogP contribution in [-0.2, 0) is 13.5 Å². The fourth-order valence-corrected chi connectivity index (χ4v) is 4.48. The van der Waals surface area contributed by atoms with Crippen LogP contribution in [-0.4, -0.2) is 18.8 Å². The fourth-order valence-electron chi connectivity index (χ4n) is 4.48. The van der Waals surface area contributed by atoms with Crippen LogP contribution in [0.25, 0.3) is 22.4 Å². The Morgan fingerprint density at radius 2 is 1.22 bits per heavy atom. The first-order valence-electron chi connectivity index (χ1n) is 11.6. The minimum Gasteiger partial charge on any atom is -0.506 e. The van der Waals surface area contributed by atoms with E-state index in [0.717, 1.165) is 21.3 Å². The summed E-state index contributed by atoms with van der Waals surface area (Å²) in [5, 5.41) is 11.3. The molecule has 0 aliphatic heterocycles. The number of nitrogens with zero attached hydrogens (tertiary/aromatic N) is 3. The van der Waals surface area contributed by atoms with Crippen LogP contribution in [0.2, 0.25) is 0 Å². The van der Waals surface area contributed by atoms with Gasteiger partial charge in [-0.3, -0.25) is 14.2 Å². The predicted octanol–water partition coefficient (Wildman–Crippen LogP) is 3.75. The minimum atomic E-state index is -0.690. The van der Waals surface area contributed by atoms with Crippen molar-refractivity contribution >= 4 is 11.0 Å². The van der Waals surface area contributed by atoms with Gasteiger partial charge in [-0.25, -0.2) is 13.9 Å². The van der Waals surface area contributed by atoms with Crippen molar-refractivity contribution < 1.29 is 5.11 Å². The normalized spacial score (nSPS) is 11.2. The molecule has 0 saturated heterocycles. The number of pyridine rings is 1. The zero-order chi connectivity index (χ0) is 25.6. The Morgan fingerprint density at radius 1 is 0.694 bits per heavy atom. The molecule has 7 nitrogen and oxygen atoms in total. The van der Waals surface area contributed by atoms with E-state index in [4.69, 9.17) is 0 Å². The van der Waals surface area contributed by atoms with Crippen LogP contribution < -0.4 is 16.8 Å². The summed E-state index contributed by atoms with van der Waals surface area (Å²) in [4.78, 5) is 41.1. The number of aryl methyl sites for hydroxylation is 3. The first-order valence-corrected chi connectivity index (χ1v) is 11.6. The van der Waals surface area contributed by atoms with E-state index in [1.165, 1.54) is 16.2 Å². The van der Waals surface area contributed by atoms with Gasteiger partial charge < -0.3 is 5.11 Å². The summed E-state index contributed by atoms with van der Waals surface area (Å²) in [5.41, 5.74) is 1.96. The number of hydrogen-bond acceptors (Lipinski definition) is 4. The van der Waals surface area contributed by atoms with E-state index in [2.05, 4.69) is 0 Å². The molecule has 36 heavy (non-hydrogen) atoms. The average molecular weight is 480 g/mol. The molecule has 7 heteroatoms. The molecule has 0 radical (unpaired) electrons. The fraction of sp³-hybridized carbons (Fsp3) is 0.138. The van der Waals surface area contributed by atoms with Crippen molar-refractivity contribution in [3.05, 3.63) is 132 Å². The van der Waals surface area contributed by atoms with Gasteiger partial charge in [0.15, 0.2) is 0 Å². The van der Waals surface area contributed by atoms with Crippen LogP contribution in [0.15, 0.2) is 93.2 Å². The van der Waals surface area contributed by atoms with E-state index >= 15 is 0 Å². The first kappa shape index (κ1) is 23.1. The summed E-state index contributed by atoms with van der Waals surface area (Å²) in [6.45, 7) is 3.84. The van der Waals surface area contributed by atoms with Crippen molar-refractivity contribution in [1.29, 1.82) is 0 Å². The largest absolute Gasteiger partial charge is 0.506 e. The molecule has 180 valence electrons. The van der Waals surface area contributed by atoms with Gasteiger partial charge in [0.2, 0.25) is 0 Å². The third kappa shape index (κ3) is 3.75. The molecule has 0 spiro atoms. The van der Waals surface area contributed by atoms with Crippen molar-refractivity contribution in [1.82, 2.24) is 13.7 Å². The Labute approximate surface area is 206 Å². The standard InChI is InChI=1S/C29H25N3O4/c1-18-9-13-21(14-10-18)31-26-24(28(35)32(29(31)36)22-15-11-19(2)12-16-22)25(33)23(27(34)30(26)3)17-20-7-5-4-6-8-20/h4-16,33H,17H2,1-3H3. The van der Waals surface area contributed by atoms with Crippen molar-refractivity contribution in [3.63, 3.8) is 0 Å². The maximum atomic E-state index is 13.9. The second-order valence-electron chi connectivity index (χ2n) is 8.98. The maximum absolute atomic E-state index is 13.9. The number of aromatic hydroxyl groups is 1. The van der Waals surface area contributed by atoms with E-state index in [0.29, 0.717) is 11.4 Å². The molecule has 5 aromatic rings. The third-order valence-electron chi connectivity index (χ3n) is 6.45. The van der Waals surface area contributed by atoms with Crippen molar-refractivity contribution in [2.24, 2.45) is 7.05 Å². The van der Waals surface area contributed by atoms with Crippen molar-refractivity contribution in [2.75, 3.05) is 0 Å². The van der Waals surface area contributed by atoms with Crippen molar-refractivity contribution in [2.45, 2.75) is 20.3 Å². The van der Waals surface area contributed by atoms with Gasteiger partial charge in [0.1, 0.15) is 16.8 Å². The predicted molar refractivity (Wildman–Crippen MR) is 141 cm³/mol. The van der Waals surface area contributed by atoms with Crippen LogP contribution in [0.1, 0.15) is 22.3 Å². The number of benzene rings is 3. The average Bonchev–Trinajstić information content (AvgIpc) is 2.87. The molecule has 0 bridgehead atoms. The van der Waals surface area contributed by atoms with Gasteiger partial charge in [-0.15, -0.1) is 0 Å². The maximum Gasteiger partial charge on any atom is 0.341 e. The lowest BCUT2D eigenvalue weighted by molar-refractivity contribution is 0.471. The Hall–Kier alpha value is -4.65. The molecular formula is C29H25N3O4. The molecule has 0 unspecified atom stereocenters. The van der Waals surface area contributed by atoms with Gasteiger partial charge in [0, 0.05) is 13.5 Å². The minimum absolute atomic E-state index is 0.0385. The summed E-state index contributed by atoms with van der Waals surface area (Å²) in [5.74, 6) is -0.413. The van der Waals surface area contributed by atoms with Crippen LogP contribution in [0.5, 0.6) is 5.75 Å². The Morgan fingerprint density at radius 3 is 1.78 bits per heavy atom. The van der Waals surface area contributed by atoms with Crippen LogP contribution in [0.3, 0.4) is 0 Å². The monoisotopic (exact) mass is 479 g/mol. The highest BCUT2D eigenvalue weighted by Gasteiger charge is 2.25. The van der Waals surface area contributed by atoms with Crippen LogP contribution in [0.4, 0.5) is 0 Å². The Balaban J connectivity index is 1.95. The zero-order valence-electron chi connectivity index (χ0n) is 20.2. The summed E-state index contributed by atoms with van der Waals surface area (Å²) >= 11 is 0. The Kier molecular flexibility index (Phi) is 5.68. The lowest BCUT2D eigenvalue weighted by Gasteiger charge is -2.19. The van der Waals surface area contributed by atoms with Gasteiger partial charge in [0.05, 0.1) is 16.9 Å².